The van der Waals surface area contributed by atoms with Crippen molar-refractivity contribution in [3.8, 4) is 5.75 Å². The summed E-state index contributed by atoms with van der Waals surface area (Å²) in [7, 11) is 0. The predicted octanol–water partition coefficient (Wildman–Crippen LogP) is 5.66. The number of carbonyl (C=O) groups is 1. The molecule has 1 fully saturated rings. The number of nitrogens with zero attached hydrogens (tertiary/aromatic N) is 2. The monoisotopic (exact) mass is 551 g/mol. The predicted molar refractivity (Wildman–Crippen MR) is 148 cm³/mol. The van der Waals surface area contributed by atoms with Gasteiger partial charge >= 0.3 is 0 Å². The maximum absolute atomic E-state index is 13.1. The Morgan fingerprint density at radius 3 is 2.03 bits per heavy atom. The van der Waals surface area contributed by atoms with Crippen LogP contribution in [0.1, 0.15) is 41.4 Å². The highest BCUT2D eigenvalue weighted by atomic mass is 79.9. The largest absolute Gasteiger partial charge is 0.490 e. The highest BCUT2D eigenvalue weighted by Gasteiger charge is 2.28. The van der Waals surface area contributed by atoms with E-state index in [0.717, 1.165) is 30.7 Å². The quantitative estimate of drug-likeness (QED) is 0.400. The highest BCUT2D eigenvalue weighted by molar-refractivity contribution is 9.10. The number of piperazine rings is 1. The lowest BCUT2D eigenvalue weighted by Crippen LogP contribution is -2.53. The number of thiocarbonyl (C=S) groups is 1. The summed E-state index contributed by atoms with van der Waals surface area (Å²) in [6.45, 7) is 7.02. The van der Waals surface area contributed by atoms with E-state index in [9.17, 15) is 4.79 Å². The van der Waals surface area contributed by atoms with Crippen LogP contribution in [0.3, 0.4) is 0 Å². The van der Waals surface area contributed by atoms with Gasteiger partial charge in [-0.1, -0.05) is 76.6 Å². The second-order valence-electron chi connectivity index (χ2n) is 8.81. The van der Waals surface area contributed by atoms with Crippen LogP contribution in [0.2, 0.25) is 0 Å². The first-order chi connectivity index (χ1) is 16.9. The molecule has 35 heavy (non-hydrogen) atoms. The summed E-state index contributed by atoms with van der Waals surface area (Å²) in [4.78, 5) is 17.6. The lowest BCUT2D eigenvalue weighted by molar-refractivity contribution is 0.0961. The van der Waals surface area contributed by atoms with E-state index >= 15 is 0 Å². The smallest absolute Gasteiger partial charge is 0.261 e. The van der Waals surface area contributed by atoms with Crippen LogP contribution in [0.5, 0.6) is 5.75 Å². The molecule has 0 spiro atoms. The van der Waals surface area contributed by atoms with E-state index in [1.54, 1.807) is 12.1 Å². The van der Waals surface area contributed by atoms with Crippen molar-refractivity contribution in [2.24, 2.45) is 0 Å². The SMILES string of the molecule is CC(C)Oc1ccc(Br)cc1C(=O)NC(=S)N1CCN(C(c2ccccc2)c2ccccc2)CC1. The van der Waals surface area contributed by atoms with E-state index in [0.29, 0.717) is 16.4 Å². The fourth-order valence-corrected chi connectivity index (χ4v) is 4.98. The number of carbonyl (C=O) groups excluding carboxylic acids is 1. The number of amides is 1. The van der Waals surface area contributed by atoms with Crippen molar-refractivity contribution in [2.75, 3.05) is 26.2 Å². The Hall–Kier alpha value is -2.74. The number of benzene rings is 3. The first kappa shape index (κ1) is 25.4. The molecule has 1 aliphatic heterocycles. The van der Waals surface area contributed by atoms with Crippen LogP contribution in [0.25, 0.3) is 0 Å². The molecule has 3 aromatic carbocycles. The van der Waals surface area contributed by atoms with Crippen molar-refractivity contribution in [1.82, 2.24) is 15.1 Å². The van der Waals surface area contributed by atoms with E-state index in [1.807, 2.05) is 32.0 Å². The van der Waals surface area contributed by atoms with Gasteiger partial charge in [0.25, 0.3) is 5.91 Å². The number of rotatable bonds is 6. The van der Waals surface area contributed by atoms with Crippen molar-refractivity contribution in [3.05, 3.63) is 100 Å². The lowest BCUT2D eigenvalue weighted by atomic mass is 9.96. The molecule has 1 aliphatic rings. The summed E-state index contributed by atoms with van der Waals surface area (Å²) >= 11 is 9.08. The van der Waals surface area contributed by atoms with Gasteiger partial charge in [-0.25, -0.2) is 0 Å². The molecule has 0 aliphatic carbocycles. The molecule has 1 N–H and O–H groups in total. The molecule has 0 saturated carbocycles. The molecule has 1 saturated heterocycles. The Morgan fingerprint density at radius 1 is 0.914 bits per heavy atom. The fourth-order valence-electron chi connectivity index (χ4n) is 4.35. The molecule has 0 aromatic heterocycles. The molecule has 5 nitrogen and oxygen atoms in total. The van der Waals surface area contributed by atoms with Gasteiger partial charge in [0.05, 0.1) is 17.7 Å². The molecule has 1 heterocycles. The van der Waals surface area contributed by atoms with Gasteiger partial charge in [-0.2, -0.15) is 0 Å². The first-order valence-electron chi connectivity index (χ1n) is 11.8. The third kappa shape index (κ3) is 6.48. The minimum Gasteiger partial charge on any atom is -0.490 e. The Balaban J connectivity index is 1.43. The Morgan fingerprint density at radius 2 is 1.49 bits per heavy atom. The van der Waals surface area contributed by atoms with Gasteiger partial charge in [0, 0.05) is 30.7 Å². The van der Waals surface area contributed by atoms with Gasteiger partial charge in [0.1, 0.15) is 5.75 Å². The zero-order chi connectivity index (χ0) is 24.8. The topological polar surface area (TPSA) is 44.8 Å². The van der Waals surface area contributed by atoms with Crippen molar-refractivity contribution in [3.63, 3.8) is 0 Å². The maximum atomic E-state index is 13.1. The van der Waals surface area contributed by atoms with Gasteiger partial charge < -0.3 is 9.64 Å². The molecule has 1 amide bonds. The van der Waals surface area contributed by atoms with Gasteiger partial charge in [0.2, 0.25) is 0 Å². The van der Waals surface area contributed by atoms with Crippen LogP contribution < -0.4 is 10.1 Å². The zero-order valence-electron chi connectivity index (χ0n) is 20.0. The summed E-state index contributed by atoms with van der Waals surface area (Å²) in [6, 6.07) is 26.8. The molecule has 0 atom stereocenters. The normalized spacial score (nSPS) is 14.3. The Kier molecular flexibility index (Phi) is 8.55. The number of hydrogen-bond donors (Lipinski definition) is 1. The van der Waals surface area contributed by atoms with Gasteiger partial charge in [-0.3, -0.25) is 15.0 Å². The van der Waals surface area contributed by atoms with E-state index < -0.39 is 0 Å². The van der Waals surface area contributed by atoms with Crippen molar-refractivity contribution in [1.29, 1.82) is 0 Å². The van der Waals surface area contributed by atoms with Crippen LogP contribution >= 0.6 is 28.1 Å². The summed E-state index contributed by atoms with van der Waals surface area (Å²) in [5, 5.41) is 3.36. The minimum atomic E-state index is -0.263. The number of nitrogens with one attached hydrogen (secondary N) is 1. The Labute approximate surface area is 221 Å². The van der Waals surface area contributed by atoms with Gasteiger partial charge in [-0.05, 0) is 55.4 Å². The van der Waals surface area contributed by atoms with Crippen molar-refractivity contribution in [2.45, 2.75) is 26.0 Å². The van der Waals surface area contributed by atoms with Crippen LogP contribution in [0.15, 0.2) is 83.3 Å². The van der Waals surface area contributed by atoms with Gasteiger partial charge in [-0.15, -0.1) is 0 Å². The van der Waals surface area contributed by atoms with Crippen molar-refractivity contribution >= 4 is 39.2 Å². The van der Waals surface area contributed by atoms with E-state index in [2.05, 4.69) is 79.6 Å². The number of hydrogen-bond acceptors (Lipinski definition) is 4. The second kappa shape index (κ2) is 11.8. The molecule has 3 aromatic rings. The van der Waals surface area contributed by atoms with E-state index in [-0.39, 0.29) is 18.1 Å². The minimum absolute atomic E-state index is 0.0371. The van der Waals surface area contributed by atoms with Crippen molar-refractivity contribution < 1.29 is 9.53 Å². The number of halogens is 1. The van der Waals surface area contributed by atoms with E-state index in [1.165, 1.54) is 11.1 Å². The molecule has 0 bridgehead atoms. The van der Waals surface area contributed by atoms with Gasteiger partial charge in [0.15, 0.2) is 5.11 Å². The second-order valence-corrected chi connectivity index (χ2v) is 10.1. The van der Waals surface area contributed by atoms with Crippen LogP contribution in [0, 0.1) is 0 Å². The number of ether oxygens (including phenoxy) is 1. The maximum Gasteiger partial charge on any atom is 0.261 e. The molecule has 0 unspecified atom stereocenters. The highest BCUT2D eigenvalue weighted by Crippen LogP contribution is 2.29. The molecule has 182 valence electrons. The fraction of sp³-hybridized carbons (Fsp3) is 0.286. The molecule has 4 rings (SSSR count). The van der Waals surface area contributed by atoms with Crippen LogP contribution in [-0.4, -0.2) is 53.1 Å². The lowest BCUT2D eigenvalue weighted by Gasteiger charge is -2.40. The summed E-state index contributed by atoms with van der Waals surface area (Å²) in [5.41, 5.74) is 3.01. The third-order valence-electron chi connectivity index (χ3n) is 5.97. The van der Waals surface area contributed by atoms with Crippen LogP contribution in [0.4, 0.5) is 0 Å². The summed E-state index contributed by atoms with van der Waals surface area (Å²) in [5.74, 6) is 0.280. The average molecular weight is 553 g/mol. The average Bonchev–Trinajstić information content (AvgIpc) is 2.86. The molecule has 0 radical (unpaired) electrons. The molecular weight excluding hydrogens is 522 g/mol. The standard InChI is InChI=1S/C28H30BrN3O2S/c1-20(2)34-25-14-13-23(29)19-24(25)27(33)30-28(35)32-17-15-31(16-18-32)26(21-9-5-3-6-10-21)22-11-7-4-8-12-22/h3-14,19-20,26H,15-18H2,1-2H3,(H,30,33,35). The summed E-state index contributed by atoms with van der Waals surface area (Å²) < 4.78 is 6.64. The summed E-state index contributed by atoms with van der Waals surface area (Å²) in [6.07, 6.45) is -0.0371. The third-order valence-corrected chi connectivity index (χ3v) is 6.82. The van der Waals surface area contributed by atoms with E-state index in [4.69, 9.17) is 17.0 Å². The van der Waals surface area contributed by atoms with Crippen LogP contribution in [-0.2, 0) is 0 Å². The zero-order valence-corrected chi connectivity index (χ0v) is 22.4. The molecular formula is C28H30BrN3O2S. The Bertz CT molecular complexity index is 1110. The first-order valence-corrected chi connectivity index (χ1v) is 13.0. The molecule has 7 heteroatoms.